The molecule has 2 aromatic carbocycles. The lowest BCUT2D eigenvalue weighted by Gasteiger charge is -2.12. The zero-order chi connectivity index (χ0) is 22.8. The van der Waals surface area contributed by atoms with Crippen molar-refractivity contribution in [2.75, 3.05) is 7.11 Å². The van der Waals surface area contributed by atoms with Gasteiger partial charge >= 0.3 is 0 Å². The number of nitro groups is 1. The number of amides is 2. The zero-order valence-electron chi connectivity index (χ0n) is 16.6. The van der Waals surface area contributed by atoms with E-state index in [1.165, 1.54) is 25.3 Å². The summed E-state index contributed by atoms with van der Waals surface area (Å²) >= 11 is 4.20. The summed E-state index contributed by atoms with van der Waals surface area (Å²) in [7, 11) is 1.42. The molecular weight excluding hydrogens is 500 g/mol. The van der Waals surface area contributed by atoms with Crippen LogP contribution in [0, 0.1) is 10.1 Å². The van der Waals surface area contributed by atoms with Crippen molar-refractivity contribution < 1.29 is 23.7 Å². The monoisotopic (exact) mass is 514 g/mol. The topological polar surface area (TPSA) is 103 Å². The second kappa shape index (κ2) is 9.01. The van der Waals surface area contributed by atoms with Crippen molar-refractivity contribution in [2.24, 2.45) is 0 Å². The Morgan fingerprint density at radius 3 is 2.72 bits per heavy atom. The number of carbonyl (C=O) groups excluding carboxylic acids is 2. The smallest absolute Gasteiger partial charge is 0.293 e. The number of imide groups is 1. The zero-order valence-corrected chi connectivity index (χ0v) is 19.0. The molecule has 1 aliphatic rings. The molecule has 0 unspecified atom stereocenters. The number of nitro benzene ring substituents is 1. The number of halogens is 1. The van der Waals surface area contributed by atoms with Crippen molar-refractivity contribution in [3.05, 3.63) is 85.4 Å². The van der Waals surface area contributed by atoms with Gasteiger partial charge in [-0.3, -0.25) is 24.6 Å². The minimum absolute atomic E-state index is 0.156. The van der Waals surface area contributed by atoms with Crippen LogP contribution < -0.4 is 4.74 Å². The van der Waals surface area contributed by atoms with Crippen LogP contribution in [0.3, 0.4) is 0 Å². The predicted octanol–water partition coefficient (Wildman–Crippen LogP) is 5.86. The summed E-state index contributed by atoms with van der Waals surface area (Å²) in [5.41, 5.74) is 0.924. The van der Waals surface area contributed by atoms with E-state index in [1.807, 2.05) is 24.3 Å². The van der Waals surface area contributed by atoms with E-state index in [4.69, 9.17) is 9.15 Å². The molecule has 10 heteroatoms. The largest absolute Gasteiger partial charge is 0.497 e. The summed E-state index contributed by atoms with van der Waals surface area (Å²) < 4.78 is 11.6. The Morgan fingerprint density at radius 1 is 1.19 bits per heavy atom. The average molecular weight is 515 g/mol. The molecule has 0 radical (unpaired) electrons. The van der Waals surface area contributed by atoms with Crippen LogP contribution in [0.1, 0.15) is 11.3 Å². The molecule has 0 N–H and O–H groups in total. The summed E-state index contributed by atoms with van der Waals surface area (Å²) in [4.78, 5) is 37.4. The lowest BCUT2D eigenvalue weighted by molar-refractivity contribution is -0.384. The molecule has 32 heavy (non-hydrogen) atoms. The van der Waals surface area contributed by atoms with Crippen molar-refractivity contribution in [3.63, 3.8) is 0 Å². The van der Waals surface area contributed by atoms with E-state index in [0.29, 0.717) is 11.5 Å². The molecule has 1 aromatic heterocycles. The average Bonchev–Trinajstić information content (AvgIpc) is 3.33. The minimum atomic E-state index is -0.520. The van der Waals surface area contributed by atoms with E-state index in [9.17, 15) is 19.7 Å². The first-order valence-corrected chi connectivity index (χ1v) is 10.9. The van der Waals surface area contributed by atoms with E-state index in [0.717, 1.165) is 26.7 Å². The van der Waals surface area contributed by atoms with Gasteiger partial charge < -0.3 is 9.15 Å². The Kier molecular flexibility index (Phi) is 6.15. The number of nitrogens with zero attached hydrogens (tertiary/aromatic N) is 2. The van der Waals surface area contributed by atoms with Crippen molar-refractivity contribution in [1.82, 2.24) is 4.90 Å². The van der Waals surface area contributed by atoms with Gasteiger partial charge in [-0.05, 0) is 53.7 Å². The van der Waals surface area contributed by atoms with Crippen LogP contribution in [-0.4, -0.2) is 28.1 Å². The van der Waals surface area contributed by atoms with E-state index in [-0.39, 0.29) is 33.7 Å². The van der Waals surface area contributed by atoms with E-state index >= 15 is 0 Å². The minimum Gasteiger partial charge on any atom is -0.497 e. The normalized spacial score (nSPS) is 14.9. The van der Waals surface area contributed by atoms with Crippen molar-refractivity contribution in [1.29, 1.82) is 0 Å². The lowest BCUT2D eigenvalue weighted by atomic mass is 10.1. The van der Waals surface area contributed by atoms with Gasteiger partial charge in [0.1, 0.15) is 17.3 Å². The Bertz CT molecular complexity index is 1270. The number of thioether (sulfide) groups is 1. The number of hydrogen-bond donors (Lipinski definition) is 0. The fraction of sp³-hybridized carbons (Fsp3) is 0.0909. The quantitative estimate of drug-likeness (QED) is 0.230. The summed E-state index contributed by atoms with van der Waals surface area (Å²) in [5.74, 6) is 0.497. The molecule has 0 bridgehead atoms. The highest BCUT2D eigenvalue weighted by Crippen LogP contribution is 2.37. The number of furan rings is 1. The third kappa shape index (κ3) is 4.46. The third-order valence-electron chi connectivity index (χ3n) is 4.67. The molecule has 2 amide bonds. The summed E-state index contributed by atoms with van der Waals surface area (Å²) in [6, 6.07) is 15.0. The number of hydrogen-bond acceptors (Lipinski definition) is 7. The number of rotatable bonds is 6. The number of benzene rings is 2. The molecule has 1 fully saturated rings. The van der Waals surface area contributed by atoms with Crippen LogP contribution in [0.25, 0.3) is 17.4 Å². The summed E-state index contributed by atoms with van der Waals surface area (Å²) in [5, 5.41) is 11.1. The van der Waals surface area contributed by atoms with Crippen molar-refractivity contribution >= 4 is 50.6 Å². The second-order valence-electron chi connectivity index (χ2n) is 6.74. The van der Waals surface area contributed by atoms with Crippen LogP contribution in [0.2, 0.25) is 0 Å². The van der Waals surface area contributed by atoms with Crippen LogP contribution in [0.5, 0.6) is 5.75 Å². The fourth-order valence-electron chi connectivity index (χ4n) is 3.16. The van der Waals surface area contributed by atoms with Gasteiger partial charge in [-0.1, -0.05) is 28.1 Å². The maximum atomic E-state index is 12.8. The summed E-state index contributed by atoms with van der Waals surface area (Å²) in [6.45, 7) is 0.156. The lowest BCUT2D eigenvalue weighted by Crippen LogP contribution is -2.27. The molecule has 4 rings (SSSR count). The van der Waals surface area contributed by atoms with E-state index < -0.39 is 10.8 Å². The molecule has 0 spiro atoms. The highest BCUT2D eigenvalue weighted by molar-refractivity contribution is 9.10. The third-order valence-corrected chi connectivity index (χ3v) is 6.07. The van der Waals surface area contributed by atoms with Gasteiger partial charge in [0, 0.05) is 10.5 Å². The van der Waals surface area contributed by atoms with Gasteiger partial charge in [0.25, 0.3) is 16.8 Å². The van der Waals surface area contributed by atoms with Crippen LogP contribution >= 0.6 is 27.7 Å². The number of ether oxygens (including phenoxy) is 1. The highest BCUT2D eigenvalue weighted by atomic mass is 79.9. The van der Waals surface area contributed by atoms with Crippen LogP contribution in [0.4, 0.5) is 10.5 Å². The first-order chi connectivity index (χ1) is 15.4. The fourth-order valence-corrected chi connectivity index (χ4v) is 4.42. The Balaban J connectivity index is 1.58. The van der Waals surface area contributed by atoms with Gasteiger partial charge in [-0.25, -0.2) is 0 Å². The molecule has 0 saturated carbocycles. The molecule has 0 atom stereocenters. The van der Waals surface area contributed by atoms with Gasteiger partial charge in [0.2, 0.25) is 0 Å². The van der Waals surface area contributed by atoms with Crippen LogP contribution in [0.15, 0.2) is 68.4 Å². The Hall–Kier alpha value is -3.37. The molecule has 162 valence electrons. The molecule has 2 heterocycles. The first kappa shape index (κ1) is 21.8. The standard InChI is InChI=1S/C22H15BrN2O6S/c1-30-15-5-7-17(18(10-15)25(28)29)19-8-6-16(31-19)11-20-21(26)24(22(27)32-20)12-13-3-2-4-14(23)9-13/h2-11H,12H2,1H3/b20-11+. The van der Waals surface area contributed by atoms with Gasteiger partial charge in [-0.15, -0.1) is 0 Å². The molecule has 1 saturated heterocycles. The summed E-state index contributed by atoms with van der Waals surface area (Å²) in [6.07, 6.45) is 1.46. The van der Waals surface area contributed by atoms with Gasteiger partial charge in [-0.2, -0.15) is 0 Å². The molecule has 0 aliphatic carbocycles. The maximum absolute atomic E-state index is 12.8. The van der Waals surface area contributed by atoms with E-state index in [2.05, 4.69) is 15.9 Å². The Morgan fingerprint density at radius 2 is 2.00 bits per heavy atom. The van der Waals surface area contributed by atoms with Crippen LogP contribution in [-0.2, 0) is 11.3 Å². The highest BCUT2D eigenvalue weighted by Gasteiger charge is 2.35. The van der Waals surface area contributed by atoms with Crippen molar-refractivity contribution in [3.8, 4) is 17.1 Å². The number of methoxy groups -OCH3 is 1. The van der Waals surface area contributed by atoms with Gasteiger partial charge in [0.05, 0.1) is 35.1 Å². The SMILES string of the molecule is COc1ccc(-c2ccc(/C=C3/SC(=O)N(Cc4cccc(Br)c4)C3=O)o2)c([N+](=O)[O-])c1. The van der Waals surface area contributed by atoms with Gasteiger partial charge in [0.15, 0.2) is 0 Å². The first-order valence-electron chi connectivity index (χ1n) is 9.28. The molecule has 8 nitrogen and oxygen atoms in total. The Labute approximate surface area is 195 Å². The number of carbonyl (C=O) groups is 2. The maximum Gasteiger partial charge on any atom is 0.293 e. The molecule has 3 aromatic rings. The molecular formula is C22H15BrN2O6S. The predicted molar refractivity (Wildman–Crippen MR) is 123 cm³/mol. The van der Waals surface area contributed by atoms with Crippen molar-refractivity contribution in [2.45, 2.75) is 6.54 Å². The van der Waals surface area contributed by atoms with E-state index in [1.54, 1.807) is 18.2 Å². The second-order valence-corrected chi connectivity index (χ2v) is 8.65. The molecule has 1 aliphatic heterocycles.